The summed E-state index contributed by atoms with van der Waals surface area (Å²) in [5.41, 5.74) is 0. The van der Waals surface area contributed by atoms with E-state index in [-0.39, 0.29) is 5.91 Å². The van der Waals surface area contributed by atoms with Gasteiger partial charge in [-0.15, -0.1) is 0 Å². The lowest BCUT2D eigenvalue weighted by Gasteiger charge is -2.30. The minimum atomic E-state index is -0.0587. The monoisotopic (exact) mass is 285 g/mol. The van der Waals surface area contributed by atoms with E-state index < -0.39 is 0 Å². The molecule has 2 saturated heterocycles. The van der Waals surface area contributed by atoms with Crippen molar-refractivity contribution >= 4 is 21.8 Å². The van der Waals surface area contributed by atoms with Crippen molar-refractivity contribution < 1.29 is 9.32 Å². The molecular weight excluding hydrogens is 274 g/mol. The highest BCUT2D eigenvalue weighted by Gasteiger charge is 2.35. The van der Waals surface area contributed by atoms with Crippen molar-refractivity contribution in [2.75, 3.05) is 19.6 Å². The first kappa shape index (κ1) is 10.3. The van der Waals surface area contributed by atoms with Crippen LogP contribution in [0, 0.1) is 5.92 Å². The van der Waals surface area contributed by atoms with Crippen LogP contribution in [0.4, 0.5) is 0 Å². The van der Waals surface area contributed by atoms with E-state index in [0.717, 1.165) is 19.6 Å². The van der Waals surface area contributed by atoms with Gasteiger partial charge in [0, 0.05) is 31.7 Å². The summed E-state index contributed by atoms with van der Waals surface area (Å²) in [6.45, 7) is 2.61. The highest BCUT2D eigenvalue weighted by molar-refractivity contribution is 9.10. The Kier molecular flexibility index (Phi) is 2.48. The molecule has 0 saturated carbocycles. The number of piperidine rings is 1. The fraction of sp³-hybridized carbons (Fsp3) is 0.600. The third kappa shape index (κ3) is 1.76. The average molecular weight is 286 g/mol. The Bertz CT molecular complexity index is 408. The number of amides is 1. The Hall–Kier alpha value is -0.880. The number of hydrogen-bond donors (Lipinski definition) is 1. The van der Waals surface area contributed by atoms with Crippen LogP contribution in [0.1, 0.15) is 17.0 Å². The number of nitrogens with one attached hydrogen (secondary N) is 1. The molecule has 1 N–H and O–H groups in total. The van der Waals surface area contributed by atoms with E-state index in [1.807, 2.05) is 4.90 Å². The van der Waals surface area contributed by atoms with Crippen LogP contribution in [0.3, 0.4) is 0 Å². The van der Waals surface area contributed by atoms with Crippen molar-refractivity contribution in [1.82, 2.24) is 15.4 Å². The topological polar surface area (TPSA) is 58.4 Å². The van der Waals surface area contributed by atoms with Crippen molar-refractivity contribution in [3.63, 3.8) is 0 Å². The molecule has 2 aliphatic rings. The molecule has 2 aliphatic heterocycles. The second-order valence-electron chi connectivity index (χ2n) is 4.43. The minimum absolute atomic E-state index is 0.0587. The lowest BCUT2D eigenvalue weighted by molar-refractivity contribution is 0.0649. The summed E-state index contributed by atoms with van der Waals surface area (Å²) in [7, 11) is 0. The van der Waals surface area contributed by atoms with E-state index in [2.05, 4.69) is 26.4 Å². The van der Waals surface area contributed by atoms with Crippen LogP contribution >= 0.6 is 15.9 Å². The number of rotatable bonds is 1. The zero-order chi connectivity index (χ0) is 11.1. The molecule has 6 heteroatoms. The van der Waals surface area contributed by atoms with Crippen molar-refractivity contribution in [3.05, 3.63) is 16.4 Å². The van der Waals surface area contributed by atoms with Crippen molar-refractivity contribution in [3.8, 4) is 0 Å². The van der Waals surface area contributed by atoms with Gasteiger partial charge in [0.05, 0.1) is 0 Å². The quantitative estimate of drug-likeness (QED) is 0.832. The van der Waals surface area contributed by atoms with Gasteiger partial charge < -0.3 is 14.7 Å². The van der Waals surface area contributed by atoms with E-state index in [0.29, 0.717) is 22.3 Å². The van der Waals surface area contributed by atoms with Gasteiger partial charge in [-0.1, -0.05) is 5.16 Å². The van der Waals surface area contributed by atoms with Gasteiger partial charge in [-0.25, -0.2) is 0 Å². The third-order valence-electron chi connectivity index (χ3n) is 3.21. The molecule has 0 spiro atoms. The van der Waals surface area contributed by atoms with Gasteiger partial charge in [-0.05, 0) is 28.3 Å². The number of likely N-dealkylation sites (tertiary alicyclic amines) is 1. The Labute approximate surface area is 101 Å². The standard InChI is InChI=1S/C10H12BrN3O2/c11-9-2-8(16-13-9)10(15)14-4-6-1-7(5-14)12-3-6/h2,6-7,12H,1,3-5H2/t6-,7-/m0/s1. The van der Waals surface area contributed by atoms with Crippen LogP contribution in [0.25, 0.3) is 0 Å². The van der Waals surface area contributed by atoms with Crippen LogP contribution in [0.15, 0.2) is 15.2 Å². The van der Waals surface area contributed by atoms with Crippen molar-refractivity contribution in [2.45, 2.75) is 12.5 Å². The molecule has 86 valence electrons. The Balaban J connectivity index is 1.76. The smallest absolute Gasteiger partial charge is 0.292 e. The van der Waals surface area contributed by atoms with E-state index in [4.69, 9.17) is 4.52 Å². The van der Waals surface area contributed by atoms with Gasteiger partial charge in [0.15, 0.2) is 0 Å². The number of hydrogen-bond acceptors (Lipinski definition) is 4. The highest BCUT2D eigenvalue weighted by atomic mass is 79.9. The van der Waals surface area contributed by atoms with Crippen LogP contribution in [-0.2, 0) is 0 Å². The SMILES string of the molecule is O=C(c1cc(Br)no1)N1C[C@@H]2CN[C@@H](C2)C1. The number of carbonyl (C=O) groups excluding carboxylic acids is 1. The number of fused-ring (bicyclic) bond motifs is 2. The summed E-state index contributed by atoms with van der Waals surface area (Å²) >= 11 is 3.17. The molecule has 0 aromatic carbocycles. The Morgan fingerprint density at radius 2 is 2.50 bits per heavy atom. The summed E-state index contributed by atoms with van der Waals surface area (Å²) in [4.78, 5) is 13.9. The zero-order valence-corrected chi connectivity index (χ0v) is 10.2. The first-order valence-electron chi connectivity index (χ1n) is 5.37. The van der Waals surface area contributed by atoms with Crippen molar-refractivity contribution in [2.24, 2.45) is 5.92 Å². The largest absolute Gasteiger partial charge is 0.350 e. The lowest BCUT2D eigenvalue weighted by atomic mass is 10.00. The fourth-order valence-electron chi connectivity index (χ4n) is 2.51. The average Bonchev–Trinajstić information content (AvgIpc) is 2.84. The molecule has 1 aromatic heterocycles. The summed E-state index contributed by atoms with van der Waals surface area (Å²) in [6.07, 6.45) is 1.18. The Morgan fingerprint density at radius 1 is 1.62 bits per heavy atom. The molecule has 2 bridgehead atoms. The molecule has 1 amide bonds. The predicted molar refractivity (Wildman–Crippen MR) is 60.0 cm³/mol. The van der Waals surface area contributed by atoms with Crippen molar-refractivity contribution in [1.29, 1.82) is 0 Å². The van der Waals surface area contributed by atoms with E-state index >= 15 is 0 Å². The molecule has 2 fully saturated rings. The molecule has 0 radical (unpaired) electrons. The predicted octanol–water partition coefficient (Wildman–Crippen LogP) is 0.871. The maximum Gasteiger partial charge on any atom is 0.292 e. The second kappa shape index (κ2) is 3.85. The van der Waals surface area contributed by atoms with Gasteiger partial charge in [0.25, 0.3) is 5.91 Å². The fourth-order valence-corrected chi connectivity index (χ4v) is 2.79. The van der Waals surface area contributed by atoms with Gasteiger partial charge in [-0.2, -0.15) is 0 Å². The number of aromatic nitrogens is 1. The highest BCUT2D eigenvalue weighted by Crippen LogP contribution is 2.24. The minimum Gasteiger partial charge on any atom is -0.350 e. The van der Waals surface area contributed by atoms with Crippen LogP contribution in [-0.4, -0.2) is 41.6 Å². The number of halogens is 1. The molecule has 1 aromatic rings. The number of nitrogens with zero attached hydrogens (tertiary/aromatic N) is 2. The zero-order valence-electron chi connectivity index (χ0n) is 8.65. The molecule has 3 rings (SSSR count). The molecule has 16 heavy (non-hydrogen) atoms. The normalized spacial score (nSPS) is 28.4. The van der Waals surface area contributed by atoms with E-state index in [1.54, 1.807) is 6.07 Å². The molecule has 0 aliphatic carbocycles. The summed E-state index contributed by atoms with van der Waals surface area (Å²) < 4.78 is 5.53. The molecule has 2 atom stereocenters. The van der Waals surface area contributed by atoms with Gasteiger partial charge in [0.1, 0.15) is 4.60 Å². The van der Waals surface area contributed by atoms with Gasteiger partial charge in [-0.3, -0.25) is 4.79 Å². The second-order valence-corrected chi connectivity index (χ2v) is 5.24. The molecular formula is C10H12BrN3O2. The van der Waals surface area contributed by atoms with Crippen LogP contribution < -0.4 is 5.32 Å². The van der Waals surface area contributed by atoms with E-state index in [9.17, 15) is 4.79 Å². The number of carbonyl (C=O) groups is 1. The molecule has 3 heterocycles. The van der Waals surface area contributed by atoms with Gasteiger partial charge >= 0.3 is 0 Å². The first-order chi connectivity index (χ1) is 7.72. The lowest BCUT2D eigenvalue weighted by Crippen LogP contribution is -2.44. The van der Waals surface area contributed by atoms with Crippen LogP contribution in [0.5, 0.6) is 0 Å². The third-order valence-corrected chi connectivity index (χ3v) is 3.59. The van der Waals surface area contributed by atoms with Gasteiger partial charge in [0.2, 0.25) is 5.76 Å². The summed E-state index contributed by atoms with van der Waals surface area (Å²) in [5, 5.41) is 7.08. The summed E-state index contributed by atoms with van der Waals surface area (Å²) in [5.74, 6) is 0.846. The van der Waals surface area contributed by atoms with Crippen LogP contribution in [0.2, 0.25) is 0 Å². The summed E-state index contributed by atoms with van der Waals surface area (Å²) in [6, 6.07) is 2.07. The molecule has 5 nitrogen and oxygen atoms in total. The maximum absolute atomic E-state index is 12.1. The maximum atomic E-state index is 12.1. The van der Waals surface area contributed by atoms with E-state index in [1.165, 1.54) is 6.42 Å². The molecule has 0 unspecified atom stereocenters. The Morgan fingerprint density at radius 3 is 3.19 bits per heavy atom. The first-order valence-corrected chi connectivity index (χ1v) is 6.16.